The monoisotopic (exact) mass is 310 g/mol. The Hall–Kier alpha value is -0.970. The fraction of sp³-hybridized carbons (Fsp3) is 0.250. The van der Waals surface area contributed by atoms with Gasteiger partial charge in [0.05, 0.1) is 16.2 Å². The number of nitrogens with zero attached hydrogens (tertiary/aromatic N) is 1. The highest BCUT2D eigenvalue weighted by Crippen LogP contribution is 2.21. The fourth-order valence-electron chi connectivity index (χ4n) is 1.03. The number of aromatic nitrogens is 1. The lowest BCUT2D eigenvalue weighted by Gasteiger charge is -2.04. The maximum atomic E-state index is 12.4. The van der Waals surface area contributed by atoms with Crippen LogP contribution in [0.1, 0.15) is 17.6 Å². The summed E-state index contributed by atoms with van der Waals surface area (Å²) in [5.74, 6) is 0. The van der Waals surface area contributed by atoms with E-state index in [2.05, 4.69) is 4.98 Å². The van der Waals surface area contributed by atoms with Crippen LogP contribution in [-0.2, 0) is 6.42 Å². The zero-order valence-corrected chi connectivity index (χ0v) is 9.01. The Bertz CT molecular complexity index is 436. The highest BCUT2D eigenvalue weighted by atomic mass is 127. The lowest BCUT2D eigenvalue weighted by Crippen LogP contribution is -2.16. The molecule has 1 aromatic rings. The van der Waals surface area contributed by atoms with Crippen LogP contribution in [0.25, 0.3) is 0 Å². The summed E-state index contributed by atoms with van der Waals surface area (Å²) in [5, 5.41) is 8.37. The van der Waals surface area contributed by atoms with E-state index in [0.717, 1.165) is 0 Å². The van der Waals surface area contributed by atoms with Gasteiger partial charge in [-0.2, -0.15) is 5.26 Å². The second-order valence-corrected chi connectivity index (χ2v) is 3.68. The molecule has 0 atom stereocenters. The average Bonchev–Trinajstić information content (AvgIpc) is 2.09. The Labute approximate surface area is 91.9 Å². The Kier molecular flexibility index (Phi) is 3.57. The minimum atomic E-state index is -2.73. The van der Waals surface area contributed by atoms with Crippen molar-refractivity contribution in [2.75, 3.05) is 0 Å². The van der Waals surface area contributed by atoms with Gasteiger partial charge < -0.3 is 4.98 Å². The van der Waals surface area contributed by atoms with Crippen molar-refractivity contribution in [1.29, 1.82) is 5.26 Å². The molecule has 0 bridgehead atoms. The molecule has 14 heavy (non-hydrogen) atoms. The van der Waals surface area contributed by atoms with Gasteiger partial charge >= 0.3 is 0 Å². The number of alkyl halides is 2. The van der Waals surface area contributed by atoms with E-state index in [9.17, 15) is 13.6 Å². The van der Waals surface area contributed by atoms with Crippen LogP contribution in [0, 0.1) is 15.0 Å². The zero-order valence-electron chi connectivity index (χ0n) is 6.85. The smallest absolute Gasteiger partial charge is 0.264 e. The van der Waals surface area contributed by atoms with Crippen molar-refractivity contribution in [2.45, 2.75) is 12.8 Å². The molecule has 0 amide bonds. The number of nitriles is 1. The maximum absolute atomic E-state index is 12.4. The zero-order chi connectivity index (χ0) is 10.7. The normalized spacial score (nSPS) is 10.2. The van der Waals surface area contributed by atoms with Gasteiger partial charge in [-0.05, 0) is 28.7 Å². The summed E-state index contributed by atoms with van der Waals surface area (Å²) in [5.41, 5.74) is -1.13. The summed E-state index contributed by atoms with van der Waals surface area (Å²) in [4.78, 5) is 13.6. The number of hydrogen-bond acceptors (Lipinski definition) is 2. The molecular formula is C8H5F2IN2O. The largest absolute Gasteiger partial charge is 0.317 e. The molecule has 1 heterocycles. The molecule has 0 spiro atoms. The number of halogens is 3. The molecule has 1 aromatic heterocycles. The van der Waals surface area contributed by atoms with Crippen molar-refractivity contribution in [3.8, 4) is 6.07 Å². The number of H-pyrrole nitrogens is 1. The van der Waals surface area contributed by atoms with Crippen LogP contribution < -0.4 is 5.56 Å². The van der Waals surface area contributed by atoms with Crippen molar-refractivity contribution in [3.05, 3.63) is 31.2 Å². The first-order valence-corrected chi connectivity index (χ1v) is 4.71. The maximum Gasteiger partial charge on any atom is 0.264 e. The van der Waals surface area contributed by atoms with Crippen LogP contribution in [0.3, 0.4) is 0 Å². The van der Waals surface area contributed by atoms with Gasteiger partial charge in [0.25, 0.3) is 12.0 Å². The molecule has 0 saturated heterocycles. The summed E-state index contributed by atoms with van der Waals surface area (Å²) >= 11 is 1.74. The second-order valence-electron chi connectivity index (χ2n) is 2.52. The lowest BCUT2D eigenvalue weighted by molar-refractivity contribution is 0.150. The Morgan fingerprint density at radius 3 is 2.79 bits per heavy atom. The van der Waals surface area contributed by atoms with Gasteiger partial charge in [-0.15, -0.1) is 0 Å². The predicted molar refractivity (Wildman–Crippen MR) is 54.1 cm³/mol. The Morgan fingerprint density at radius 2 is 2.29 bits per heavy atom. The molecular weight excluding hydrogens is 305 g/mol. The standard InChI is InChI=1S/C8H5F2IN2O/c9-7(10)5-3-6(11)13-8(14)4(5)1-2-12/h3,7H,1H2,(H,13,14). The van der Waals surface area contributed by atoms with E-state index in [0.29, 0.717) is 3.70 Å². The number of aromatic amines is 1. The van der Waals surface area contributed by atoms with Gasteiger partial charge in [0.15, 0.2) is 0 Å². The fourth-order valence-corrected chi connectivity index (χ4v) is 1.61. The number of nitrogens with one attached hydrogen (secondary N) is 1. The molecule has 0 aliphatic carbocycles. The average molecular weight is 310 g/mol. The van der Waals surface area contributed by atoms with Crippen LogP contribution in [0.15, 0.2) is 10.9 Å². The highest BCUT2D eigenvalue weighted by molar-refractivity contribution is 14.1. The summed E-state index contributed by atoms with van der Waals surface area (Å²) in [6.07, 6.45) is -3.03. The number of hydrogen-bond donors (Lipinski definition) is 1. The number of rotatable bonds is 2. The summed E-state index contributed by atoms with van der Waals surface area (Å²) in [6.45, 7) is 0. The van der Waals surface area contributed by atoms with Crippen molar-refractivity contribution >= 4 is 22.6 Å². The van der Waals surface area contributed by atoms with Gasteiger partial charge in [-0.25, -0.2) is 8.78 Å². The minimum absolute atomic E-state index is 0.150. The van der Waals surface area contributed by atoms with E-state index in [-0.39, 0.29) is 17.5 Å². The highest BCUT2D eigenvalue weighted by Gasteiger charge is 2.16. The van der Waals surface area contributed by atoms with Crippen molar-refractivity contribution in [3.63, 3.8) is 0 Å². The summed E-state index contributed by atoms with van der Waals surface area (Å²) in [7, 11) is 0. The molecule has 0 aliphatic rings. The van der Waals surface area contributed by atoms with Gasteiger partial charge in [0, 0.05) is 11.1 Å². The molecule has 6 heteroatoms. The Morgan fingerprint density at radius 1 is 1.64 bits per heavy atom. The molecule has 0 aliphatic heterocycles. The van der Waals surface area contributed by atoms with Gasteiger partial charge in [-0.3, -0.25) is 4.79 Å². The molecule has 1 N–H and O–H groups in total. The molecule has 0 radical (unpaired) electrons. The van der Waals surface area contributed by atoms with E-state index < -0.39 is 12.0 Å². The molecule has 3 nitrogen and oxygen atoms in total. The van der Waals surface area contributed by atoms with E-state index >= 15 is 0 Å². The molecule has 0 fully saturated rings. The first-order chi connectivity index (χ1) is 6.56. The summed E-state index contributed by atoms with van der Waals surface area (Å²) in [6, 6.07) is 2.86. The van der Waals surface area contributed by atoms with Crippen LogP contribution in [0.2, 0.25) is 0 Å². The third-order valence-corrected chi connectivity index (χ3v) is 2.21. The first-order valence-electron chi connectivity index (χ1n) is 3.63. The molecule has 0 aromatic carbocycles. The topological polar surface area (TPSA) is 56.6 Å². The van der Waals surface area contributed by atoms with E-state index in [1.54, 1.807) is 28.7 Å². The minimum Gasteiger partial charge on any atom is -0.317 e. The van der Waals surface area contributed by atoms with E-state index in [1.165, 1.54) is 6.07 Å². The number of pyridine rings is 1. The van der Waals surface area contributed by atoms with Crippen LogP contribution in [0.5, 0.6) is 0 Å². The van der Waals surface area contributed by atoms with Crippen LogP contribution >= 0.6 is 22.6 Å². The van der Waals surface area contributed by atoms with Gasteiger partial charge in [0.1, 0.15) is 0 Å². The van der Waals surface area contributed by atoms with E-state index in [4.69, 9.17) is 5.26 Å². The third-order valence-electron chi connectivity index (χ3n) is 1.63. The quantitative estimate of drug-likeness (QED) is 0.671. The summed E-state index contributed by atoms with van der Waals surface area (Å²) < 4.78 is 25.2. The predicted octanol–water partition coefficient (Wildman–Crippen LogP) is 1.98. The molecule has 0 unspecified atom stereocenters. The Balaban J connectivity index is 3.38. The van der Waals surface area contributed by atoms with Crippen molar-refractivity contribution in [2.24, 2.45) is 0 Å². The van der Waals surface area contributed by atoms with Crippen LogP contribution in [0.4, 0.5) is 8.78 Å². The lowest BCUT2D eigenvalue weighted by atomic mass is 10.1. The third kappa shape index (κ3) is 2.29. The van der Waals surface area contributed by atoms with Crippen LogP contribution in [-0.4, -0.2) is 4.98 Å². The van der Waals surface area contributed by atoms with Gasteiger partial charge in [0.2, 0.25) is 0 Å². The first kappa shape index (κ1) is 11.1. The van der Waals surface area contributed by atoms with Crippen molar-refractivity contribution < 1.29 is 8.78 Å². The molecule has 1 rings (SSSR count). The van der Waals surface area contributed by atoms with Gasteiger partial charge in [-0.1, -0.05) is 0 Å². The van der Waals surface area contributed by atoms with E-state index in [1.807, 2.05) is 0 Å². The van der Waals surface area contributed by atoms with Crippen molar-refractivity contribution in [1.82, 2.24) is 4.98 Å². The SMILES string of the molecule is N#CCc1c(C(F)F)cc(I)[nH]c1=O. The molecule has 74 valence electrons. The second kappa shape index (κ2) is 4.50. The molecule has 0 saturated carbocycles.